The molecule has 2 aliphatic rings. The lowest BCUT2D eigenvalue weighted by Gasteiger charge is -2.36. The predicted molar refractivity (Wildman–Crippen MR) is 137 cm³/mol. The van der Waals surface area contributed by atoms with Crippen molar-refractivity contribution < 1.29 is 4.74 Å². The minimum absolute atomic E-state index is 0.639. The Morgan fingerprint density at radius 3 is 2.18 bits per heavy atom. The normalized spacial score (nSPS) is 16.5. The van der Waals surface area contributed by atoms with Crippen molar-refractivity contribution in [2.75, 3.05) is 37.6 Å². The van der Waals surface area contributed by atoms with E-state index in [1.165, 1.54) is 59.2 Å². The molecule has 1 aliphatic carbocycles. The van der Waals surface area contributed by atoms with Gasteiger partial charge in [-0.25, -0.2) is 0 Å². The highest BCUT2D eigenvalue weighted by molar-refractivity contribution is 5.48. The van der Waals surface area contributed by atoms with Crippen LogP contribution in [0.15, 0.2) is 66.7 Å². The highest BCUT2D eigenvalue weighted by atomic mass is 16.5. The van der Waals surface area contributed by atoms with Gasteiger partial charge in [-0.2, -0.15) is 0 Å². The minimum atomic E-state index is 0.639. The number of nitrogens with zero attached hydrogens (tertiary/aromatic N) is 2. The van der Waals surface area contributed by atoms with Crippen LogP contribution in [0, 0.1) is 6.92 Å². The molecule has 1 heterocycles. The van der Waals surface area contributed by atoms with Gasteiger partial charge in [-0.3, -0.25) is 4.90 Å². The molecule has 5 rings (SSSR count). The topological polar surface area (TPSA) is 15.7 Å². The van der Waals surface area contributed by atoms with Crippen LogP contribution >= 0.6 is 0 Å². The smallest absolute Gasteiger partial charge is 0.120 e. The molecular weight excluding hydrogens is 404 g/mol. The van der Waals surface area contributed by atoms with Gasteiger partial charge in [0.2, 0.25) is 0 Å². The molecule has 3 aromatic rings. The maximum atomic E-state index is 6.09. The SMILES string of the molecule is Cc1ccc(N2CCN(CCc3ccc(COc4ccc5c(c4)CCCC5)cc3)CC2)cc1. The van der Waals surface area contributed by atoms with E-state index in [4.69, 9.17) is 4.74 Å². The van der Waals surface area contributed by atoms with Gasteiger partial charge in [0.1, 0.15) is 12.4 Å². The number of hydrogen-bond donors (Lipinski definition) is 0. The molecule has 3 nitrogen and oxygen atoms in total. The lowest BCUT2D eigenvalue weighted by molar-refractivity contribution is 0.261. The number of hydrogen-bond acceptors (Lipinski definition) is 3. The van der Waals surface area contributed by atoms with Crippen LogP contribution in [-0.2, 0) is 25.9 Å². The first-order valence-electron chi connectivity index (χ1n) is 12.6. The van der Waals surface area contributed by atoms with E-state index in [0.717, 1.165) is 44.9 Å². The van der Waals surface area contributed by atoms with Gasteiger partial charge in [-0.15, -0.1) is 0 Å². The van der Waals surface area contributed by atoms with E-state index in [9.17, 15) is 0 Å². The molecule has 0 bridgehead atoms. The predicted octanol–water partition coefficient (Wildman–Crippen LogP) is 5.82. The fraction of sp³-hybridized carbons (Fsp3) is 0.400. The second kappa shape index (κ2) is 10.4. The maximum absolute atomic E-state index is 6.09. The van der Waals surface area contributed by atoms with Gasteiger partial charge >= 0.3 is 0 Å². The summed E-state index contributed by atoms with van der Waals surface area (Å²) in [7, 11) is 0. The second-order valence-corrected chi connectivity index (χ2v) is 9.66. The third kappa shape index (κ3) is 5.78. The monoisotopic (exact) mass is 440 g/mol. The van der Waals surface area contributed by atoms with Crippen molar-refractivity contribution in [1.82, 2.24) is 4.90 Å². The Balaban J connectivity index is 1.06. The number of rotatable bonds is 7. The van der Waals surface area contributed by atoms with Crippen molar-refractivity contribution >= 4 is 5.69 Å². The van der Waals surface area contributed by atoms with Crippen LogP contribution < -0.4 is 9.64 Å². The second-order valence-electron chi connectivity index (χ2n) is 9.66. The van der Waals surface area contributed by atoms with Gasteiger partial charge in [0, 0.05) is 38.4 Å². The molecule has 1 aliphatic heterocycles. The van der Waals surface area contributed by atoms with E-state index in [0.29, 0.717) is 6.61 Å². The summed E-state index contributed by atoms with van der Waals surface area (Å²) < 4.78 is 6.09. The standard InChI is InChI=1S/C30H36N2O/c1-24-6-13-29(14-7-24)32-20-18-31(19-21-32)17-16-25-8-10-26(11-9-25)23-33-30-15-12-27-4-2-3-5-28(27)22-30/h6-15,22H,2-5,16-21,23H2,1H3. The van der Waals surface area contributed by atoms with Crippen LogP contribution in [0.4, 0.5) is 5.69 Å². The van der Waals surface area contributed by atoms with E-state index < -0.39 is 0 Å². The highest BCUT2D eigenvalue weighted by Gasteiger charge is 2.17. The van der Waals surface area contributed by atoms with Crippen molar-refractivity contribution in [1.29, 1.82) is 0 Å². The van der Waals surface area contributed by atoms with Crippen LogP contribution in [0.25, 0.3) is 0 Å². The van der Waals surface area contributed by atoms with Crippen LogP contribution in [0.3, 0.4) is 0 Å². The van der Waals surface area contributed by atoms with E-state index in [-0.39, 0.29) is 0 Å². The van der Waals surface area contributed by atoms with E-state index >= 15 is 0 Å². The van der Waals surface area contributed by atoms with Crippen molar-refractivity contribution in [3.63, 3.8) is 0 Å². The van der Waals surface area contributed by atoms with Crippen LogP contribution in [0.1, 0.15) is 40.7 Å². The Labute approximate surface area is 199 Å². The van der Waals surface area contributed by atoms with Gasteiger partial charge in [0.15, 0.2) is 0 Å². The largest absolute Gasteiger partial charge is 0.489 e. The van der Waals surface area contributed by atoms with Gasteiger partial charge in [0.05, 0.1) is 0 Å². The number of anilines is 1. The summed E-state index contributed by atoms with van der Waals surface area (Å²) in [4.78, 5) is 5.10. The lowest BCUT2D eigenvalue weighted by Crippen LogP contribution is -2.47. The summed E-state index contributed by atoms with van der Waals surface area (Å²) in [6.07, 6.45) is 6.15. The quantitative estimate of drug-likeness (QED) is 0.461. The Morgan fingerprint density at radius 2 is 1.42 bits per heavy atom. The molecule has 0 unspecified atom stereocenters. The molecular formula is C30H36N2O. The number of fused-ring (bicyclic) bond motifs is 1. The fourth-order valence-corrected chi connectivity index (χ4v) is 5.04. The van der Waals surface area contributed by atoms with Crippen LogP contribution in [-0.4, -0.2) is 37.6 Å². The van der Waals surface area contributed by atoms with Gasteiger partial charge in [-0.1, -0.05) is 48.0 Å². The number of piperazine rings is 1. The Morgan fingerprint density at radius 1 is 0.727 bits per heavy atom. The molecule has 1 saturated heterocycles. The molecule has 0 amide bonds. The lowest BCUT2D eigenvalue weighted by atomic mass is 9.92. The van der Waals surface area contributed by atoms with Crippen molar-refractivity contribution in [3.05, 3.63) is 94.5 Å². The zero-order chi connectivity index (χ0) is 22.5. The van der Waals surface area contributed by atoms with E-state index in [2.05, 4.69) is 83.5 Å². The van der Waals surface area contributed by atoms with Crippen molar-refractivity contribution in [2.45, 2.75) is 45.6 Å². The van der Waals surface area contributed by atoms with Gasteiger partial charge in [0.25, 0.3) is 0 Å². The number of ether oxygens (including phenoxy) is 1. The molecule has 3 aromatic carbocycles. The van der Waals surface area contributed by atoms with Crippen LogP contribution in [0.5, 0.6) is 5.75 Å². The van der Waals surface area contributed by atoms with E-state index in [1.807, 2.05) is 0 Å². The first-order chi connectivity index (χ1) is 16.2. The maximum Gasteiger partial charge on any atom is 0.120 e. The summed E-state index contributed by atoms with van der Waals surface area (Å²) in [5.74, 6) is 1.00. The number of benzene rings is 3. The molecule has 0 aromatic heterocycles. The Hall–Kier alpha value is -2.78. The zero-order valence-electron chi connectivity index (χ0n) is 19.9. The molecule has 0 radical (unpaired) electrons. The molecule has 0 atom stereocenters. The molecule has 0 N–H and O–H groups in total. The average Bonchev–Trinajstić information content (AvgIpc) is 2.87. The average molecular weight is 441 g/mol. The Kier molecular flexibility index (Phi) is 6.97. The molecule has 0 spiro atoms. The summed E-state index contributed by atoms with van der Waals surface area (Å²) in [5, 5.41) is 0. The highest BCUT2D eigenvalue weighted by Crippen LogP contribution is 2.26. The van der Waals surface area contributed by atoms with Crippen molar-refractivity contribution in [3.8, 4) is 5.75 Å². The first kappa shape index (κ1) is 22.0. The van der Waals surface area contributed by atoms with Gasteiger partial charge in [-0.05, 0) is 85.5 Å². The summed E-state index contributed by atoms with van der Waals surface area (Å²) in [5.41, 5.74) is 8.32. The number of aryl methyl sites for hydroxylation is 3. The van der Waals surface area contributed by atoms with E-state index in [1.54, 1.807) is 0 Å². The van der Waals surface area contributed by atoms with Crippen molar-refractivity contribution in [2.24, 2.45) is 0 Å². The molecule has 1 fully saturated rings. The third-order valence-electron chi connectivity index (χ3n) is 7.24. The summed E-state index contributed by atoms with van der Waals surface area (Å²) in [6.45, 7) is 8.42. The zero-order valence-corrected chi connectivity index (χ0v) is 19.9. The first-order valence-corrected chi connectivity index (χ1v) is 12.6. The molecule has 172 valence electrons. The Bertz CT molecular complexity index is 1030. The summed E-state index contributed by atoms with van der Waals surface area (Å²) >= 11 is 0. The third-order valence-corrected chi connectivity index (χ3v) is 7.24. The molecule has 33 heavy (non-hydrogen) atoms. The minimum Gasteiger partial charge on any atom is -0.489 e. The van der Waals surface area contributed by atoms with Crippen LogP contribution in [0.2, 0.25) is 0 Å². The summed E-state index contributed by atoms with van der Waals surface area (Å²) in [6, 6.07) is 24.6. The van der Waals surface area contributed by atoms with Gasteiger partial charge < -0.3 is 9.64 Å². The molecule has 0 saturated carbocycles. The molecule has 3 heteroatoms. The fourth-order valence-electron chi connectivity index (χ4n) is 5.04.